The normalized spacial score (nSPS) is 20.4. The van der Waals surface area contributed by atoms with Crippen molar-refractivity contribution in [3.63, 3.8) is 0 Å². The van der Waals surface area contributed by atoms with Gasteiger partial charge in [0.1, 0.15) is 5.82 Å². The van der Waals surface area contributed by atoms with E-state index >= 15 is 0 Å². The predicted octanol–water partition coefficient (Wildman–Crippen LogP) is 2.75. The van der Waals surface area contributed by atoms with E-state index in [9.17, 15) is 4.39 Å². The molecule has 1 aromatic carbocycles. The molecule has 0 aromatic heterocycles. The molecule has 0 amide bonds. The third-order valence-corrected chi connectivity index (χ3v) is 4.08. The van der Waals surface area contributed by atoms with Crippen LogP contribution in [0.3, 0.4) is 0 Å². The highest BCUT2D eigenvalue weighted by atomic mass is 19.1. The molecular formula is C16H25FN2. The van der Waals surface area contributed by atoms with Crippen LogP contribution in [-0.4, -0.2) is 36.6 Å². The van der Waals surface area contributed by atoms with Gasteiger partial charge >= 0.3 is 0 Å². The Balaban J connectivity index is 1.75. The topological polar surface area (TPSA) is 15.3 Å². The van der Waals surface area contributed by atoms with Gasteiger partial charge < -0.3 is 5.32 Å². The number of benzene rings is 1. The Labute approximate surface area is 116 Å². The molecule has 0 saturated carbocycles. The van der Waals surface area contributed by atoms with Crippen molar-refractivity contribution in [1.82, 2.24) is 10.2 Å². The van der Waals surface area contributed by atoms with Gasteiger partial charge in [-0.2, -0.15) is 0 Å². The molecular weight excluding hydrogens is 239 g/mol. The van der Waals surface area contributed by atoms with E-state index in [-0.39, 0.29) is 5.82 Å². The lowest BCUT2D eigenvalue weighted by Gasteiger charge is -2.20. The van der Waals surface area contributed by atoms with Crippen LogP contribution in [0, 0.1) is 12.7 Å². The molecule has 2 rings (SSSR count). The third-order valence-electron chi connectivity index (χ3n) is 4.08. The fourth-order valence-electron chi connectivity index (χ4n) is 2.77. The largest absolute Gasteiger partial charge is 0.312 e. The van der Waals surface area contributed by atoms with Crippen molar-refractivity contribution in [3.8, 4) is 0 Å². The fourth-order valence-corrected chi connectivity index (χ4v) is 2.77. The van der Waals surface area contributed by atoms with E-state index in [1.807, 2.05) is 13.0 Å². The Hall–Kier alpha value is -0.930. The van der Waals surface area contributed by atoms with Crippen molar-refractivity contribution < 1.29 is 4.39 Å². The Kier molecular flexibility index (Phi) is 4.94. The first-order valence-corrected chi connectivity index (χ1v) is 7.28. The van der Waals surface area contributed by atoms with Gasteiger partial charge in [-0.3, -0.25) is 4.90 Å². The van der Waals surface area contributed by atoms with Gasteiger partial charge in [-0.05, 0) is 70.0 Å². The highest BCUT2D eigenvalue weighted by molar-refractivity contribution is 5.26. The quantitative estimate of drug-likeness (QED) is 0.879. The molecule has 1 unspecified atom stereocenters. The molecule has 1 N–H and O–H groups in total. The summed E-state index contributed by atoms with van der Waals surface area (Å²) in [6.07, 6.45) is 2.21. The maximum Gasteiger partial charge on any atom is 0.123 e. The lowest BCUT2D eigenvalue weighted by atomic mass is 10.1. The van der Waals surface area contributed by atoms with Gasteiger partial charge in [0.25, 0.3) is 0 Å². The van der Waals surface area contributed by atoms with E-state index in [4.69, 9.17) is 0 Å². The standard InChI is InChI=1S/C16H25FN2/c1-12(2)19-9-7-16(11-19)18-8-6-14-4-5-15(17)10-13(14)3/h4-5,10,12,16,18H,6-9,11H2,1-3H3. The SMILES string of the molecule is Cc1cc(F)ccc1CCNC1CCN(C(C)C)C1. The summed E-state index contributed by atoms with van der Waals surface area (Å²) < 4.78 is 13.0. The zero-order valence-corrected chi connectivity index (χ0v) is 12.2. The van der Waals surface area contributed by atoms with E-state index < -0.39 is 0 Å². The van der Waals surface area contributed by atoms with Crippen molar-refractivity contribution >= 4 is 0 Å². The number of nitrogens with one attached hydrogen (secondary N) is 1. The smallest absolute Gasteiger partial charge is 0.123 e. The molecule has 1 saturated heterocycles. The van der Waals surface area contributed by atoms with Crippen LogP contribution in [0.1, 0.15) is 31.4 Å². The molecule has 19 heavy (non-hydrogen) atoms. The Morgan fingerprint density at radius 3 is 2.84 bits per heavy atom. The lowest BCUT2D eigenvalue weighted by Crippen LogP contribution is -2.36. The van der Waals surface area contributed by atoms with Gasteiger partial charge in [-0.15, -0.1) is 0 Å². The zero-order valence-electron chi connectivity index (χ0n) is 12.2. The predicted molar refractivity (Wildman–Crippen MR) is 78.0 cm³/mol. The average molecular weight is 264 g/mol. The third kappa shape index (κ3) is 4.02. The van der Waals surface area contributed by atoms with Crippen LogP contribution in [0.15, 0.2) is 18.2 Å². The van der Waals surface area contributed by atoms with Gasteiger partial charge in [-0.25, -0.2) is 4.39 Å². The van der Waals surface area contributed by atoms with Crippen LogP contribution < -0.4 is 5.32 Å². The van der Waals surface area contributed by atoms with Crippen molar-refractivity contribution in [3.05, 3.63) is 35.1 Å². The number of rotatable bonds is 5. The van der Waals surface area contributed by atoms with Crippen molar-refractivity contribution in [2.24, 2.45) is 0 Å². The molecule has 2 nitrogen and oxygen atoms in total. The first-order chi connectivity index (χ1) is 9.06. The molecule has 1 aromatic rings. The van der Waals surface area contributed by atoms with Gasteiger partial charge in [0.15, 0.2) is 0 Å². The molecule has 1 aliphatic rings. The summed E-state index contributed by atoms with van der Waals surface area (Å²) in [4.78, 5) is 2.51. The minimum Gasteiger partial charge on any atom is -0.312 e. The van der Waals surface area contributed by atoms with Crippen LogP contribution in [0.4, 0.5) is 4.39 Å². The van der Waals surface area contributed by atoms with E-state index in [0.29, 0.717) is 12.1 Å². The molecule has 0 aliphatic carbocycles. The summed E-state index contributed by atoms with van der Waals surface area (Å²) in [6, 6.07) is 6.33. The van der Waals surface area contributed by atoms with Crippen molar-refractivity contribution in [1.29, 1.82) is 0 Å². The molecule has 1 heterocycles. The molecule has 1 atom stereocenters. The number of halogens is 1. The summed E-state index contributed by atoms with van der Waals surface area (Å²) >= 11 is 0. The Morgan fingerprint density at radius 1 is 1.42 bits per heavy atom. The number of aryl methyl sites for hydroxylation is 1. The maximum absolute atomic E-state index is 13.0. The average Bonchev–Trinajstić information content (AvgIpc) is 2.81. The van der Waals surface area contributed by atoms with Gasteiger partial charge in [0.2, 0.25) is 0 Å². The molecule has 3 heteroatoms. The zero-order chi connectivity index (χ0) is 13.8. The monoisotopic (exact) mass is 264 g/mol. The highest BCUT2D eigenvalue weighted by Gasteiger charge is 2.23. The summed E-state index contributed by atoms with van der Waals surface area (Å²) in [5.41, 5.74) is 2.30. The molecule has 1 fully saturated rings. The number of hydrogen-bond donors (Lipinski definition) is 1. The molecule has 1 aliphatic heterocycles. The van der Waals surface area contributed by atoms with Crippen LogP contribution >= 0.6 is 0 Å². The summed E-state index contributed by atoms with van der Waals surface area (Å²) in [5, 5.41) is 3.62. The summed E-state index contributed by atoms with van der Waals surface area (Å²) in [7, 11) is 0. The number of likely N-dealkylation sites (tertiary alicyclic amines) is 1. The molecule has 0 radical (unpaired) electrons. The Morgan fingerprint density at radius 2 is 2.21 bits per heavy atom. The summed E-state index contributed by atoms with van der Waals surface area (Å²) in [6.45, 7) is 9.82. The van der Waals surface area contributed by atoms with E-state index in [1.54, 1.807) is 12.1 Å². The molecule has 0 spiro atoms. The minimum atomic E-state index is -0.141. The van der Waals surface area contributed by atoms with Crippen LogP contribution in [-0.2, 0) is 6.42 Å². The van der Waals surface area contributed by atoms with Gasteiger partial charge in [-0.1, -0.05) is 6.07 Å². The van der Waals surface area contributed by atoms with E-state index in [0.717, 1.165) is 25.1 Å². The number of hydrogen-bond acceptors (Lipinski definition) is 2. The van der Waals surface area contributed by atoms with Crippen LogP contribution in [0.25, 0.3) is 0 Å². The van der Waals surface area contributed by atoms with Crippen molar-refractivity contribution in [2.45, 2.75) is 45.7 Å². The summed E-state index contributed by atoms with van der Waals surface area (Å²) in [5.74, 6) is -0.141. The van der Waals surface area contributed by atoms with Gasteiger partial charge in [0, 0.05) is 18.6 Å². The van der Waals surface area contributed by atoms with E-state index in [1.165, 1.54) is 18.5 Å². The second-order valence-corrected chi connectivity index (χ2v) is 5.85. The van der Waals surface area contributed by atoms with Crippen LogP contribution in [0.2, 0.25) is 0 Å². The second-order valence-electron chi connectivity index (χ2n) is 5.85. The molecule has 106 valence electrons. The van der Waals surface area contributed by atoms with E-state index in [2.05, 4.69) is 24.1 Å². The Bertz CT molecular complexity index is 417. The van der Waals surface area contributed by atoms with Crippen LogP contribution in [0.5, 0.6) is 0 Å². The van der Waals surface area contributed by atoms with Crippen molar-refractivity contribution in [2.75, 3.05) is 19.6 Å². The minimum absolute atomic E-state index is 0.141. The van der Waals surface area contributed by atoms with Gasteiger partial charge in [0.05, 0.1) is 0 Å². The number of nitrogens with zero attached hydrogens (tertiary/aromatic N) is 1. The maximum atomic E-state index is 13.0. The second kappa shape index (κ2) is 6.49. The lowest BCUT2D eigenvalue weighted by molar-refractivity contribution is 0.268. The molecule has 0 bridgehead atoms. The highest BCUT2D eigenvalue weighted by Crippen LogP contribution is 2.13. The first kappa shape index (κ1) is 14.5. The first-order valence-electron chi connectivity index (χ1n) is 7.28. The fraction of sp³-hybridized carbons (Fsp3) is 0.625.